The van der Waals surface area contributed by atoms with Crippen LogP contribution in [-0.2, 0) is 6.42 Å². The molecule has 1 aliphatic carbocycles. The topological polar surface area (TPSA) is 12.0 Å². The first-order chi connectivity index (χ1) is 7.16. The second kappa shape index (κ2) is 3.97. The van der Waals surface area contributed by atoms with Crippen molar-refractivity contribution in [3.8, 4) is 0 Å². The van der Waals surface area contributed by atoms with Gasteiger partial charge in [-0.25, -0.2) is 0 Å². The lowest BCUT2D eigenvalue weighted by Crippen LogP contribution is -2.33. The van der Waals surface area contributed by atoms with Gasteiger partial charge in [-0.3, -0.25) is 0 Å². The molecule has 0 radical (unpaired) electrons. The molecule has 82 valence electrons. The number of nitrogens with one attached hydrogen (secondary N) is 1. The van der Waals surface area contributed by atoms with Crippen molar-refractivity contribution in [1.29, 1.82) is 0 Å². The Bertz CT molecular complexity index is 339. The Morgan fingerprint density at radius 1 is 1.40 bits per heavy atom. The summed E-state index contributed by atoms with van der Waals surface area (Å²) in [5.74, 6) is 0. The molecule has 1 fully saturated rings. The second-order valence-electron chi connectivity index (χ2n) is 5.04. The monoisotopic (exact) mass is 203 g/mol. The Balaban J connectivity index is 2.09. The molecule has 0 bridgehead atoms. The van der Waals surface area contributed by atoms with Crippen LogP contribution in [-0.4, -0.2) is 13.1 Å². The molecule has 1 aliphatic rings. The molecule has 0 saturated heterocycles. The van der Waals surface area contributed by atoms with Gasteiger partial charge in [0.1, 0.15) is 0 Å². The summed E-state index contributed by atoms with van der Waals surface area (Å²) in [5, 5.41) is 3.40. The van der Waals surface area contributed by atoms with Gasteiger partial charge in [-0.15, -0.1) is 0 Å². The maximum absolute atomic E-state index is 3.40. The molecule has 1 saturated carbocycles. The smallest absolute Gasteiger partial charge is 0.00953 e. The SMILES string of the molecule is CNC(C)C1(Cc2cccc(C)c2)CC1. The summed E-state index contributed by atoms with van der Waals surface area (Å²) in [6.45, 7) is 4.48. The van der Waals surface area contributed by atoms with Crippen LogP contribution in [0.1, 0.15) is 30.9 Å². The molecule has 15 heavy (non-hydrogen) atoms. The lowest BCUT2D eigenvalue weighted by molar-refractivity contribution is 0.369. The largest absolute Gasteiger partial charge is 0.317 e. The maximum atomic E-state index is 3.40. The zero-order valence-electron chi connectivity index (χ0n) is 10.0. The van der Waals surface area contributed by atoms with E-state index < -0.39 is 0 Å². The molecule has 1 atom stereocenters. The minimum absolute atomic E-state index is 0.544. The van der Waals surface area contributed by atoms with Crippen molar-refractivity contribution in [2.75, 3.05) is 7.05 Å². The van der Waals surface area contributed by atoms with Crippen LogP contribution < -0.4 is 5.32 Å². The Kier molecular flexibility index (Phi) is 2.83. The van der Waals surface area contributed by atoms with E-state index >= 15 is 0 Å². The first-order valence-electron chi connectivity index (χ1n) is 5.89. The Morgan fingerprint density at radius 3 is 2.67 bits per heavy atom. The molecule has 1 aromatic carbocycles. The summed E-state index contributed by atoms with van der Waals surface area (Å²) in [6.07, 6.45) is 3.99. The number of aryl methyl sites for hydroxylation is 1. The van der Waals surface area contributed by atoms with E-state index in [1.165, 1.54) is 30.4 Å². The Labute approximate surface area is 92.9 Å². The van der Waals surface area contributed by atoms with Crippen LogP contribution in [0.3, 0.4) is 0 Å². The summed E-state index contributed by atoms with van der Waals surface area (Å²) < 4.78 is 0. The Morgan fingerprint density at radius 2 is 2.13 bits per heavy atom. The fourth-order valence-electron chi connectivity index (χ4n) is 2.46. The van der Waals surface area contributed by atoms with Crippen LogP contribution in [0.15, 0.2) is 24.3 Å². The van der Waals surface area contributed by atoms with Crippen molar-refractivity contribution in [2.45, 2.75) is 39.2 Å². The molecule has 1 heteroatoms. The minimum atomic E-state index is 0.544. The fourth-order valence-corrected chi connectivity index (χ4v) is 2.46. The number of benzene rings is 1. The van der Waals surface area contributed by atoms with Crippen LogP contribution in [0, 0.1) is 12.3 Å². The summed E-state index contributed by atoms with van der Waals surface area (Å²) in [4.78, 5) is 0. The second-order valence-corrected chi connectivity index (χ2v) is 5.04. The van der Waals surface area contributed by atoms with Gasteiger partial charge in [0.05, 0.1) is 0 Å². The zero-order valence-corrected chi connectivity index (χ0v) is 10.0. The van der Waals surface area contributed by atoms with E-state index in [-0.39, 0.29) is 0 Å². The van der Waals surface area contributed by atoms with Gasteiger partial charge in [0.25, 0.3) is 0 Å². The van der Waals surface area contributed by atoms with Gasteiger partial charge >= 0.3 is 0 Å². The molecule has 1 nitrogen and oxygen atoms in total. The van der Waals surface area contributed by atoms with Crippen LogP contribution in [0.4, 0.5) is 0 Å². The highest BCUT2D eigenvalue weighted by Gasteiger charge is 2.46. The Hall–Kier alpha value is -0.820. The molecule has 1 aromatic rings. The average molecular weight is 203 g/mol. The summed E-state index contributed by atoms with van der Waals surface area (Å²) >= 11 is 0. The van der Waals surface area contributed by atoms with Crippen LogP contribution in [0.2, 0.25) is 0 Å². The molecule has 1 unspecified atom stereocenters. The number of hydrogen-bond acceptors (Lipinski definition) is 1. The standard InChI is InChI=1S/C14H21N/c1-11-5-4-6-13(9-11)10-14(7-8-14)12(2)15-3/h4-6,9,12,15H,7-8,10H2,1-3H3. The molecule has 1 N–H and O–H groups in total. The predicted octanol–water partition coefficient (Wildman–Crippen LogP) is 2.93. The molecule has 0 aliphatic heterocycles. The maximum Gasteiger partial charge on any atom is 0.00953 e. The third-order valence-electron chi connectivity index (χ3n) is 3.88. The lowest BCUT2D eigenvalue weighted by Gasteiger charge is -2.23. The van der Waals surface area contributed by atoms with Gasteiger partial charge in [-0.2, -0.15) is 0 Å². The van der Waals surface area contributed by atoms with Gasteiger partial charge in [0.15, 0.2) is 0 Å². The molecule has 2 rings (SSSR count). The van der Waals surface area contributed by atoms with Crippen molar-refractivity contribution >= 4 is 0 Å². The van der Waals surface area contributed by atoms with Crippen molar-refractivity contribution in [3.63, 3.8) is 0 Å². The number of hydrogen-bond donors (Lipinski definition) is 1. The normalized spacial score (nSPS) is 19.9. The van der Waals surface area contributed by atoms with Gasteiger partial charge in [0.2, 0.25) is 0 Å². The van der Waals surface area contributed by atoms with Crippen LogP contribution in [0.5, 0.6) is 0 Å². The fraction of sp³-hybridized carbons (Fsp3) is 0.571. The average Bonchev–Trinajstić information content (AvgIpc) is 2.98. The van der Waals surface area contributed by atoms with Crippen molar-refractivity contribution < 1.29 is 0 Å². The zero-order chi connectivity index (χ0) is 10.9. The molecule has 0 aromatic heterocycles. The third-order valence-corrected chi connectivity index (χ3v) is 3.88. The quantitative estimate of drug-likeness (QED) is 0.793. The molecular formula is C14H21N. The van der Waals surface area contributed by atoms with Crippen LogP contribution >= 0.6 is 0 Å². The summed E-state index contributed by atoms with van der Waals surface area (Å²) in [6, 6.07) is 9.56. The lowest BCUT2D eigenvalue weighted by atomic mass is 9.89. The van der Waals surface area contributed by atoms with E-state index in [0.29, 0.717) is 11.5 Å². The van der Waals surface area contributed by atoms with E-state index in [1.807, 2.05) is 0 Å². The third kappa shape index (κ3) is 2.23. The van der Waals surface area contributed by atoms with Gasteiger partial charge in [-0.1, -0.05) is 29.8 Å². The molecular weight excluding hydrogens is 182 g/mol. The minimum Gasteiger partial charge on any atom is -0.317 e. The molecule has 0 heterocycles. The van der Waals surface area contributed by atoms with Crippen molar-refractivity contribution in [2.24, 2.45) is 5.41 Å². The van der Waals surface area contributed by atoms with E-state index in [9.17, 15) is 0 Å². The first-order valence-corrected chi connectivity index (χ1v) is 5.89. The van der Waals surface area contributed by atoms with Gasteiger partial charge in [-0.05, 0) is 51.1 Å². The first kappa shape index (κ1) is 10.7. The van der Waals surface area contributed by atoms with Gasteiger partial charge in [0, 0.05) is 6.04 Å². The summed E-state index contributed by atoms with van der Waals surface area (Å²) in [5.41, 5.74) is 3.41. The highest BCUT2D eigenvalue weighted by Crippen LogP contribution is 2.51. The molecule has 0 amide bonds. The van der Waals surface area contributed by atoms with E-state index in [0.717, 1.165) is 0 Å². The van der Waals surface area contributed by atoms with E-state index in [4.69, 9.17) is 0 Å². The highest BCUT2D eigenvalue weighted by atomic mass is 14.9. The van der Waals surface area contributed by atoms with Crippen molar-refractivity contribution in [1.82, 2.24) is 5.32 Å². The molecule has 0 spiro atoms. The van der Waals surface area contributed by atoms with E-state index in [1.54, 1.807) is 0 Å². The van der Waals surface area contributed by atoms with Gasteiger partial charge < -0.3 is 5.32 Å². The van der Waals surface area contributed by atoms with Crippen molar-refractivity contribution in [3.05, 3.63) is 35.4 Å². The summed E-state index contributed by atoms with van der Waals surface area (Å²) in [7, 11) is 2.07. The predicted molar refractivity (Wildman–Crippen MR) is 65.1 cm³/mol. The van der Waals surface area contributed by atoms with Crippen LogP contribution in [0.25, 0.3) is 0 Å². The highest BCUT2D eigenvalue weighted by molar-refractivity contribution is 5.25. The van der Waals surface area contributed by atoms with E-state index in [2.05, 4.69) is 50.5 Å². The number of rotatable bonds is 4.